The van der Waals surface area contributed by atoms with Crippen LogP contribution in [-0.2, 0) is 6.54 Å². The van der Waals surface area contributed by atoms with Gasteiger partial charge in [-0.1, -0.05) is 24.3 Å². The molecular weight excluding hydrogens is 484 g/mol. The Kier molecular flexibility index (Phi) is 7.53. The third-order valence-corrected chi connectivity index (χ3v) is 7.36. The van der Waals surface area contributed by atoms with Crippen molar-refractivity contribution in [1.82, 2.24) is 20.2 Å². The Hall–Kier alpha value is -4.08. The molecule has 1 amide bonds. The fourth-order valence-corrected chi connectivity index (χ4v) is 5.07. The average Bonchev–Trinajstić information content (AvgIpc) is 3.43. The number of anilines is 3. The highest BCUT2D eigenvalue weighted by Gasteiger charge is 2.15. The minimum Gasteiger partial charge on any atom is -0.369 e. The molecule has 0 aliphatic carbocycles. The minimum absolute atomic E-state index is 0.166. The van der Waals surface area contributed by atoms with Crippen LogP contribution in [0.4, 0.5) is 17.3 Å². The molecule has 0 radical (unpaired) electrons. The summed E-state index contributed by atoms with van der Waals surface area (Å²) in [5.41, 5.74) is 4.32. The van der Waals surface area contributed by atoms with Crippen LogP contribution < -0.4 is 15.5 Å². The molecule has 9 heteroatoms. The summed E-state index contributed by atoms with van der Waals surface area (Å²) in [6.07, 6.45) is 2.51. The Morgan fingerprint density at radius 2 is 1.86 bits per heavy atom. The minimum atomic E-state index is -0.166. The van der Waals surface area contributed by atoms with Gasteiger partial charge in [0.05, 0.1) is 15.4 Å². The lowest BCUT2D eigenvalue weighted by Gasteiger charge is -2.34. The van der Waals surface area contributed by atoms with Crippen LogP contribution in [0.5, 0.6) is 0 Å². The summed E-state index contributed by atoms with van der Waals surface area (Å²) in [5, 5.41) is 6.23. The molecule has 2 aromatic carbocycles. The fraction of sp³-hybridized carbons (Fsp3) is 0.214. The predicted molar refractivity (Wildman–Crippen MR) is 148 cm³/mol. The lowest BCUT2D eigenvalue weighted by atomic mass is 10.1. The largest absolute Gasteiger partial charge is 0.369 e. The first-order valence-electron chi connectivity index (χ1n) is 12.1. The second-order valence-corrected chi connectivity index (χ2v) is 10.0. The van der Waals surface area contributed by atoms with E-state index in [1.807, 2.05) is 30.3 Å². The molecule has 8 nitrogen and oxygen atoms in total. The van der Waals surface area contributed by atoms with Gasteiger partial charge in [0.15, 0.2) is 0 Å². The number of hydrogen-bond donors (Lipinski definition) is 2. The first kappa shape index (κ1) is 24.6. The van der Waals surface area contributed by atoms with Crippen molar-refractivity contribution in [3.63, 3.8) is 0 Å². The van der Waals surface area contributed by atoms with E-state index >= 15 is 0 Å². The maximum atomic E-state index is 12.7. The molecule has 1 aliphatic heterocycles. The van der Waals surface area contributed by atoms with E-state index in [1.54, 1.807) is 30.5 Å². The van der Waals surface area contributed by atoms with Gasteiger partial charge in [0.1, 0.15) is 6.29 Å². The number of carbonyl (C=O) groups excluding carboxylic acids is 2. The van der Waals surface area contributed by atoms with Gasteiger partial charge in [0, 0.05) is 55.9 Å². The van der Waals surface area contributed by atoms with Crippen LogP contribution in [0.2, 0.25) is 0 Å². The van der Waals surface area contributed by atoms with Crippen molar-refractivity contribution in [2.75, 3.05) is 43.4 Å². The van der Waals surface area contributed by atoms with Crippen LogP contribution >= 0.6 is 11.3 Å². The molecule has 1 aliphatic rings. The average molecular weight is 513 g/mol. The molecule has 0 spiro atoms. The molecular formula is C28H28N6O2S. The molecule has 1 fully saturated rings. The van der Waals surface area contributed by atoms with Gasteiger partial charge in [-0.3, -0.25) is 9.59 Å². The van der Waals surface area contributed by atoms with Crippen molar-refractivity contribution in [3.05, 3.63) is 88.9 Å². The summed E-state index contributed by atoms with van der Waals surface area (Å²) in [5.74, 6) is 0.336. The fourth-order valence-electron chi connectivity index (χ4n) is 4.17. The smallest absolute Gasteiger partial charge is 0.261 e. The number of hydrogen-bond acceptors (Lipinski definition) is 8. The number of aldehydes is 1. The number of aromatic nitrogens is 2. The summed E-state index contributed by atoms with van der Waals surface area (Å²) in [6, 6.07) is 21.0. The predicted octanol–water partition coefficient (Wildman–Crippen LogP) is 4.44. The van der Waals surface area contributed by atoms with Gasteiger partial charge in [0.2, 0.25) is 5.95 Å². The Balaban J connectivity index is 1.24. The summed E-state index contributed by atoms with van der Waals surface area (Å²) >= 11 is 1.38. The van der Waals surface area contributed by atoms with Crippen LogP contribution in [0.3, 0.4) is 0 Å². The molecule has 37 heavy (non-hydrogen) atoms. The second kappa shape index (κ2) is 11.3. The summed E-state index contributed by atoms with van der Waals surface area (Å²) in [6.45, 7) is 4.47. The lowest BCUT2D eigenvalue weighted by molar-refractivity contribution is 0.0954. The topological polar surface area (TPSA) is 90.5 Å². The number of amides is 1. The number of nitrogens with zero attached hydrogens (tertiary/aromatic N) is 4. The molecule has 0 atom stereocenters. The van der Waals surface area contributed by atoms with Gasteiger partial charge in [-0.25, -0.2) is 9.97 Å². The number of rotatable bonds is 8. The Labute approximate surface area is 220 Å². The number of carbonyl (C=O) groups is 2. The standard InChI is InChI=1S/C28H28N6O2S/c1-33-12-14-34(15-13-33)23-7-3-6-22(17-23)31-28-29-11-10-24(32-28)25-8-9-26(37-25)27(36)30-18-20-4-2-5-21(16-20)19-35/h2-11,16-17,19H,12-15,18H2,1H3,(H,30,36)(H,29,31,32). The number of likely N-dealkylation sites (N-methyl/N-ethyl adjacent to an activating group) is 1. The first-order valence-corrected chi connectivity index (χ1v) is 13.0. The van der Waals surface area contributed by atoms with Crippen LogP contribution in [0.25, 0.3) is 10.6 Å². The van der Waals surface area contributed by atoms with Crippen LogP contribution in [0, 0.1) is 0 Å². The summed E-state index contributed by atoms with van der Waals surface area (Å²) in [4.78, 5) is 38.9. The van der Waals surface area contributed by atoms with Crippen molar-refractivity contribution in [2.24, 2.45) is 0 Å². The number of thiophene rings is 1. The highest BCUT2D eigenvalue weighted by Crippen LogP contribution is 2.28. The zero-order chi connectivity index (χ0) is 25.6. The lowest BCUT2D eigenvalue weighted by Crippen LogP contribution is -2.44. The number of nitrogens with one attached hydrogen (secondary N) is 2. The van der Waals surface area contributed by atoms with Crippen molar-refractivity contribution < 1.29 is 9.59 Å². The van der Waals surface area contributed by atoms with Gasteiger partial charge in [-0.15, -0.1) is 11.3 Å². The monoisotopic (exact) mass is 512 g/mol. The summed E-state index contributed by atoms with van der Waals surface area (Å²) < 4.78 is 0. The number of benzene rings is 2. The summed E-state index contributed by atoms with van der Waals surface area (Å²) in [7, 11) is 2.15. The maximum Gasteiger partial charge on any atom is 0.261 e. The second-order valence-electron chi connectivity index (χ2n) is 8.94. The normalized spacial score (nSPS) is 13.8. The highest BCUT2D eigenvalue weighted by molar-refractivity contribution is 7.17. The zero-order valence-electron chi connectivity index (χ0n) is 20.6. The molecule has 0 saturated carbocycles. The molecule has 0 unspecified atom stereocenters. The van der Waals surface area contributed by atoms with E-state index in [9.17, 15) is 9.59 Å². The van der Waals surface area contributed by atoms with Gasteiger partial charge < -0.3 is 20.4 Å². The van der Waals surface area contributed by atoms with E-state index in [1.165, 1.54) is 17.0 Å². The van der Waals surface area contributed by atoms with Crippen molar-refractivity contribution in [1.29, 1.82) is 0 Å². The van der Waals surface area contributed by atoms with E-state index < -0.39 is 0 Å². The van der Waals surface area contributed by atoms with Crippen LogP contribution in [0.15, 0.2) is 72.9 Å². The van der Waals surface area contributed by atoms with E-state index in [0.717, 1.165) is 54.3 Å². The molecule has 4 aromatic rings. The molecule has 188 valence electrons. The Morgan fingerprint density at radius 1 is 1.03 bits per heavy atom. The van der Waals surface area contributed by atoms with Crippen molar-refractivity contribution in [2.45, 2.75) is 6.54 Å². The van der Waals surface area contributed by atoms with Crippen molar-refractivity contribution in [3.8, 4) is 10.6 Å². The van der Waals surface area contributed by atoms with E-state index in [0.29, 0.717) is 22.9 Å². The molecule has 2 aromatic heterocycles. The van der Waals surface area contributed by atoms with Gasteiger partial charge in [-0.2, -0.15) is 0 Å². The zero-order valence-corrected chi connectivity index (χ0v) is 21.4. The molecule has 5 rings (SSSR count). The molecule has 0 bridgehead atoms. The third kappa shape index (κ3) is 6.19. The van der Waals surface area contributed by atoms with Gasteiger partial charge >= 0.3 is 0 Å². The van der Waals surface area contributed by atoms with E-state index in [4.69, 9.17) is 0 Å². The Bertz CT molecular complexity index is 1400. The third-order valence-electron chi connectivity index (χ3n) is 6.25. The van der Waals surface area contributed by atoms with E-state index in [-0.39, 0.29) is 5.91 Å². The number of piperazine rings is 1. The quantitative estimate of drug-likeness (QED) is 0.337. The molecule has 1 saturated heterocycles. The maximum absolute atomic E-state index is 12.7. The van der Waals surface area contributed by atoms with Gasteiger partial charge in [0.25, 0.3) is 5.91 Å². The van der Waals surface area contributed by atoms with Crippen LogP contribution in [0.1, 0.15) is 25.6 Å². The van der Waals surface area contributed by atoms with Crippen LogP contribution in [-0.4, -0.2) is 60.3 Å². The first-order chi connectivity index (χ1) is 18.1. The SMILES string of the molecule is CN1CCN(c2cccc(Nc3nccc(-c4ccc(C(=O)NCc5cccc(C=O)c5)s4)n3)c2)CC1. The van der Waals surface area contributed by atoms with Crippen molar-refractivity contribution >= 4 is 40.9 Å². The van der Waals surface area contributed by atoms with E-state index in [2.05, 4.69) is 49.6 Å². The highest BCUT2D eigenvalue weighted by atomic mass is 32.1. The Morgan fingerprint density at radius 3 is 2.70 bits per heavy atom. The van der Waals surface area contributed by atoms with Gasteiger partial charge in [-0.05, 0) is 55.1 Å². The molecule has 3 heterocycles. The molecule has 2 N–H and O–H groups in total.